The van der Waals surface area contributed by atoms with E-state index in [-0.39, 0.29) is 23.6 Å². The van der Waals surface area contributed by atoms with E-state index in [1.165, 1.54) is 18.2 Å². The van der Waals surface area contributed by atoms with E-state index < -0.39 is 10.8 Å². The fraction of sp³-hybridized carbons (Fsp3) is 0.0909. The number of nitrogens with zero attached hydrogens (tertiary/aromatic N) is 2. The van der Waals surface area contributed by atoms with Gasteiger partial charge in [0.05, 0.1) is 22.1 Å². The van der Waals surface area contributed by atoms with Gasteiger partial charge in [-0.3, -0.25) is 14.9 Å². The standard InChI is InChI=1S/C22H15ClIN3O5/c1-2-31-20-7-3-12(9-18(20)27(29)30)21(28)25-14-5-8-19-17(11-14)26-22(32-19)15-10-13(24)4-6-16(15)23/h3-11H,2H2,1H3,(H,25,28). The van der Waals surface area contributed by atoms with Gasteiger partial charge in [0.15, 0.2) is 11.3 Å². The number of nitrogens with one attached hydrogen (secondary N) is 1. The number of benzene rings is 3. The first-order chi connectivity index (χ1) is 15.4. The molecule has 3 aromatic carbocycles. The van der Waals surface area contributed by atoms with Crippen LogP contribution in [0.2, 0.25) is 5.02 Å². The predicted octanol–water partition coefficient (Wildman–Crippen LogP) is 6.31. The fourth-order valence-corrected chi connectivity index (χ4v) is 3.75. The third kappa shape index (κ3) is 4.53. The summed E-state index contributed by atoms with van der Waals surface area (Å²) >= 11 is 8.45. The summed E-state index contributed by atoms with van der Waals surface area (Å²) in [4.78, 5) is 27.9. The van der Waals surface area contributed by atoms with Crippen LogP contribution in [0.5, 0.6) is 5.75 Å². The lowest BCUT2D eigenvalue weighted by atomic mass is 10.1. The van der Waals surface area contributed by atoms with Crippen molar-refractivity contribution in [3.8, 4) is 17.2 Å². The third-order valence-corrected chi connectivity index (χ3v) is 5.52. The second kappa shape index (κ2) is 9.13. The smallest absolute Gasteiger partial charge is 0.311 e. The Labute approximate surface area is 200 Å². The topological polar surface area (TPSA) is 108 Å². The van der Waals surface area contributed by atoms with Crippen LogP contribution in [0.15, 0.2) is 59.0 Å². The van der Waals surface area contributed by atoms with Gasteiger partial charge in [0.1, 0.15) is 5.52 Å². The first kappa shape index (κ1) is 22.0. The molecule has 162 valence electrons. The van der Waals surface area contributed by atoms with E-state index in [0.29, 0.717) is 33.3 Å². The van der Waals surface area contributed by atoms with E-state index in [2.05, 4.69) is 32.9 Å². The highest BCUT2D eigenvalue weighted by Crippen LogP contribution is 2.32. The molecule has 0 aliphatic heterocycles. The molecule has 0 atom stereocenters. The van der Waals surface area contributed by atoms with Crippen LogP contribution in [0, 0.1) is 13.7 Å². The number of ether oxygens (including phenoxy) is 1. The number of oxazole rings is 1. The minimum Gasteiger partial charge on any atom is -0.487 e. The molecule has 0 spiro atoms. The van der Waals surface area contributed by atoms with Gasteiger partial charge in [-0.2, -0.15) is 0 Å². The number of amides is 1. The average Bonchev–Trinajstić information content (AvgIpc) is 3.19. The Morgan fingerprint density at radius 3 is 2.78 bits per heavy atom. The number of fused-ring (bicyclic) bond motifs is 1. The van der Waals surface area contributed by atoms with Crippen molar-refractivity contribution in [1.29, 1.82) is 0 Å². The number of hydrogen-bond acceptors (Lipinski definition) is 6. The largest absolute Gasteiger partial charge is 0.487 e. The number of aromatic nitrogens is 1. The Kier molecular flexibility index (Phi) is 6.28. The number of rotatable bonds is 6. The zero-order valence-corrected chi connectivity index (χ0v) is 19.5. The van der Waals surface area contributed by atoms with Crippen molar-refractivity contribution in [2.75, 3.05) is 11.9 Å². The van der Waals surface area contributed by atoms with E-state index in [1.54, 1.807) is 31.2 Å². The van der Waals surface area contributed by atoms with Gasteiger partial charge >= 0.3 is 5.69 Å². The van der Waals surface area contributed by atoms with E-state index in [4.69, 9.17) is 20.8 Å². The Balaban J connectivity index is 1.61. The maximum atomic E-state index is 12.7. The number of halogens is 2. The van der Waals surface area contributed by atoms with Crippen LogP contribution in [-0.2, 0) is 0 Å². The number of carbonyl (C=O) groups excluding carboxylic acids is 1. The molecule has 0 bridgehead atoms. The Hall–Kier alpha value is -3.18. The van der Waals surface area contributed by atoms with Gasteiger partial charge in [-0.15, -0.1) is 0 Å². The molecule has 0 saturated heterocycles. The predicted molar refractivity (Wildman–Crippen MR) is 129 cm³/mol. The summed E-state index contributed by atoms with van der Waals surface area (Å²) in [5, 5.41) is 14.5. The van der Waals surface area contributed by atoms with E-state index in [9.17, 15) is 14.9 Å². The average molecular weight is 564 g/mol. The summed E-state index contributed by atoms with van der Waals surface area (Å²) in [5.41, 5.74) is 2.06. The molecule has 0 unspecified atom stereocenters. The summed E-state index contributed by atoms with van der Waals surface area (Å²) in [7, 11) is 0. The Morgan fingerprint density at radius 2 is 2.03 bits per heavy atom. The van der Waals surface area contributed by atoms with E-state index in [0.717, 1.165) is 3.57 Å². The number of carbonyl (C=O) groups is 1. The first-order valence-corrected chi connectivity index (χ1v) is 10.9. The molecule has 1 aromatic heterocycles. The zero-order valence-electron chi connectivity index (χ0n) is 16.6. The van der Waals surface area contributed by atoms with Crippen molar-refractivity contribution in [2.24, 2.45) is 0 Å². The minimum absolute atomic E-state index is 0.111. The van der Waals surface area contributed by atoms with Crippen LogP contribution in [-0.4, -0.2) is 22.4 Å². The first-order valence-electron chi connectivity index (χ1n) is 9.44. The van der Waals surface area contributed by atoms with E-state index in [1.807, 2.05) is 12.1 Å². The third-order valence-electron chi connectivity index (χ3n) is 4.52. The summed E-state index contributed by atoms with van der Waals surface area (Å²) in [6, 6.07) is 14.6. The van der Waals surface area contributed by atoms with Crippen LogP contribution in [0.1, 0.15) is 17.3 Å². The van der Waals surface area contributed by atoms with Gasteiger partial charge in [-0.25, -0.2) is 4.98 Å². The van der Waals surface area contributed by atoms with Crippen molar-refractivity contribution in [3.63, 3.8) is 0 Å². The van der Waals surface area contributed by atoms with E-state index >= 15 is 0 Å². The highest BCUT2D eigenvalue weighted by atomic mass is 127. The molecule has 0 aliphatic rings. The van der Waals surface area contributed by atoms with Crippen molar-refractivity contribution < 1.29 is 18.9 Å². The molecule has 0 aliphatic carbocycles. The molecule has 1 N–H and O–H groups in total. The van der Waals surface area contributed by atoms with Gasteiger partial charge in [0, 0.05) is 20.9 Å². The van der Waals surface area contributed by atoms with Crippen molar-refractivity contribution >= 4 is 62.6 Å². The lowest BCUT2D eigenvalue weighted by Gasteiger charge is -2.07. The second-order valence-corrected chi connectivity index (χ2v) is 8.31. The molecule has 1 amide bonds. The lowest BCUT2D eigenvalue weighted by molar-refractivity contribution is -0.385. The molecule has 8 nitrogen and oxygen atoms in total. The Bertz CT molecular complexity index is 1350. The molecular formula is C22H15ClIN3O5. The maximum absolute atomic E-state index is 12.7. The monoisotopic (exact) mass is 563 g/mol. The number of nitro groups is 1. The molecule has 4 aromatic rings. The molecular weight excluding hydrogens is 549 g/mol. The second-order valence-electron chi connectivity index (χ2n) is 6.65. The molecule has 4 rings (SSSR count). The van der Waals surface area contributed by atoms with Gasteiger partial charge in [-0.1, -0.05) is 11.6 Å². The minimum atomic E-state index is -0.583. The Morgan fingerprint density at radius 1 is 1.22 bits per heavy atom. The lowest BCUT2D eigenvalue weighted by Crippen LogP contribution is -2.12. The van der Waals surface area contributed by atoms with Gasteiger partial charge in [0.2, 0.25) is 5.89 Å². The van der Waals surface area contributed by atoms with Crippen molar-refractivity contribution in [1.82, 2.24) is 4.98 Å². The highest BCUT2D eigenvalue weighted by molar-refractivity contribution is 14.1. The number of nitro benzene ring substituents is 1. The van der Waals surface area contributed by atoms with Gasteiger partial charge < -0.3 is 14.5 Å². The molecule has 32 heavy (non-hydrogen) atoms. The summed E-state index contributed by atoms with van der Waals surface area (Å²) in [6.07, 6.45) is 0. The zero-order chi connectivity index (χ0) is 22.8. The molecule has 0 saturated carbocycles. The van der Waals surface area contributed by atoms with Gasteiger partial charge in [-0.05, 0) is 78.0 Å². The van der Waals surface area contributed by atoms with Crippen LogP contribution in [0.3, 0.4) is 0 Å². The van der Waals surface area contributed by atoms with Crippen molar-refractivity contribution in [2.45, 2.75) is 6.92 Å². The highest BCUT2D eigenvalue weighted by Gasteiger charge is 2.19. The summed E-state index contributed by atoms with van der Waals surface area (Å²) in [5.74, 6) is -0.0196. The maximum Gasteiger partial charge on any atom is 0.311 e. The summed E-state index contributed by atoms with van der Waals surface area (Å²) in [6.45, 7) is 2.00. The molecule has 10 heteroatoms. The van der Waals surface area contributed by atoms with Crippen LogP contribution >= 0.6 is 34.2 Å². The van der Waals surface area contributed by atoms with Crippen LogP contribution in [0.4, 0.5) is 11.4 Å². The SMILES string of the molecule is CCOc1ccc(C(=O)Nc2ccc3oc(-c4cc(I)ccc4Cl)nc3c2)cc1[N+](=O)[O-]. The number of anilines is 1. The molecule has 0 fully saturated rings. The van der Waals surface area contributed by atoms with Gasteiger partial charge in [0.25, 0.3) is 5.91 Å². The summed E-state index contributed by atoms with van der Waals surface area (Å²) < 4.78 is 12.1. The van der Waals surface area contributed by atoms with Crippen LogP contribution in [0.25, 0.3) is 22.6 Å². The number of hydrogen-bond donors (Lipinski definition) is 1. The molecule has 0 radical (unpaired) electrons. The fourth-order valence-electron chi connectivity index (χ4n) is 3.06. The van der Waals surface area contributed by atoms with Crippen LogP contribution < -0.4 is 10.1 Å². The molecule has 1 heterocycles. The quantitative estimate of drug-likeness (QED) is 0.167. The normalized spacial score (nSPS) is 10.8. The van der Waals surface area contributed by atoms with Crippen molar-refractivity contribution in [3.05, 3.63) is 78.9 Å².